The number of rotatable bonds is 1. The number of hydrogen-bond donors (Lipinski definition) is 0. The second-order valence-electron chi connectivity index (χ2n) is 3.96. The Hall–Kier alpha value is -1.52. The van der Waals surface area contributed by atoms with Crippen molar-refractivity contribution in [3.8, 4) is 11.3 Å². The van der Waals surface area contributed by atoms with Gasteiger partial charge in [0.2, 0.25) is 5.28 Å². The molecule has 0 unspecified atom stereocenters. The molecule has 0 aliphatic heterocycles. The number of hydrogen-bond acceptors (Lipinski definition) is 3. The molecule has 0 amide bonds. The van der Waals surface area contributed by atoms with Gasteiger partial charge < -0.3 is 0 Å². The Kier molecular flexibility index (Phi) is 2.76. The van der Waals surface area contributed by atoms with Gasteiger partial charge in [-0.15, -0.1) is 11.3 Å². The van der Waals surface area contributed by atoms with E-state index in [2.05, 4.69) is 9.97 Å². The lowest BCUT2D eigenvalue weighted by Gasteiger charge is -2.05. The van der Waals surface area contributed by atoms with Gasteiger partial charge >= 0.3 is 0 Å². The van der Waals surface area contributed by atoms with Crippen LogP contribution in [0.15, 0.2) is 29.6 Å². The van der Waals surface area contributed by atoms with Crippen LogP contribution in [-0.2, 0) is 0 Å². The Morgan fingerprint density at radius 2 is 2.06 bits per heavy atom. The van der Waals surface area contributed by atoms with E-state index >= 15 is 0 Å². The fourth-order valence-corrected chi connectivity index (χ4v) is 2.84. The van der Waals surface area contributed by atoms with Crippen molar-refractivity contribution in [1.29, 1.82) is 0 Å². The van der Waals surface area contributed by atoms with E-state index in [1.165, 1.54) is 17.4 Å². The molecule has 3 aromatic rings. The van der Waals surface area contributed by atoms with E-state index in [0.717, 1.165) is 15.8 Å². The van der Waals surface area contributed by atoms with Crippen molar-refractivity contribution < 1.29 is 4.39 Å². The Labute approximate surface area is 112 Å². The SMILES string of the molecule is Cc1ccc(F)c(-c2nc(Cl)nc3sccc23)c1. The van der Waals surface area contributed by atoms with Crippen molar-refractivity contribution >= 4 is 33.2 Å². The van der Waals surface area contributed by atoms with Crippen LogP contribution in [0.2, 0.25) is 5.28 Å². The highest BCUT2D eigenvalue weighted by Crippen LogP contribution is 2.32. The normalized spacial score (nSPS) is 11.1. The van der Waals surface area contributed by atoms with Gasteiger partial charge in [0.15, 0.2) is 0 Å². The van der Waals surface area contributed by atoms with E-state index in [9.17, 15) is 4.39 Å². The van der Waals surface area contributed by atoms with E-state index in [0.29, 0.717) is 11.3 Å². The van der Waals surface area contributed by atoms with Crippen molar-refractivity contribution in [1.82, 2.24) is 9.97 Å². The molecule has 0 radical (unpaired) electrons. The van der Waals surface area contributed by atoms with Crippen LogP contribution in [0.25, 0.3) is 21.5 Å². The summed E-state index contributed by atoms with van der Waals surface area (Å²) in [5.74, 6) is -0.303. The molecule has 0 bridgehead atoms. The average molecular weight is 279 g/mol. The molecule has 3 rings (SSSR count). The maximum Gasteiger partial charge on any atom is 0.224 e. The molecule has 0 aliphatic rings. The average Bonchev–Trinajstić information content (AvgIpc) is 2.79. The minimum Gasteiger partial charge on any atom is -0.217 e. The highest BCUT2D eigenvalue weighted by Gasteiger charge is 2.13. The Morgan fingerprint density at radius 1 is 1.22 bits per heavy atom. The molecule has 2 heterocycles. The van der Waals surface area contributed by atoms with Gasteiger partial charge in [-0.1, -0.05) is 11.6 Å². The molecule has 0 N–H and O–H groups in total. The van der Waals surface area contributed by atoms with E-state index < -0.39 is 0 Å². The summed E-state index contributed by atoms with van der Waals surface area (Å²) in [5.41, 5.74) is 1.99. The Morgan fingerprint density at radius 3 is 2.89 bits per heavy atom. The highest BCUT2D eigenvalue weighted by atomic mass is 35.5. The minimum atomic E-state index is -0.303. The van der Waals surface area contributed by atoms with Crippen LogP contribution >= 0.6 is 22.9 Å². The Bertz CT molecular complexity index is 739. The fourth-order valence-electron chi connectivity index (χ4n) is 1.86. The summed E-state index contributed by atoms with van der Waals surface area (Å²) in [6.45, 7) is 1.91. The van der Waals surface area contributed by atoms with E-state index in [1.54, 1.807) is 12.1 Å². The summed E-state index contributed by atoms with van der Waals surface area (Å²) in [7, 11) is 0. The molecule has 2 nitrogen and oxygen atoms in total. The van der Waals surface area contributed by atoms with Gasteiger partial charge in [-0.3, -0.25) is 0 Å². The van der Waals surface area contributed by atoms with Gasteiger partial charge in [-0.2, -0.15) is 0 Å². The van der Waals surface area contributed by atoms with Crippen LogP contribution in [0.4, 0.5) is 4.39 Å². The molecule has 0 fully saturated rings. The van der Waals surface area contributed by atoms with Crippen LogP contribution < -0.4 is 0 Å². The molecule has 1 aromatic carbocycles. The van der Waals surface area contributed by atoms with Crippen molar-refractivity contribution in [3.05, 3.63) is 46.3 Å². The summed E-state index contributed by atoms with van der Waals surface area (Å²) in [5, 5.41) is 2.86. The van der Waals surface area contributed by atoms with Crippen molar-refractivity contribution in [2.75, 3.05) is 0 Å². The predicted octanol–water partition coefficient (Wildman–Crippen LogP) is 4.46. The molecule has 2 aromatic heterocycles. The van der Waals surface area contributed by atoms with Crippen molar-refractivity contribution in [2.24, 2.45) is 0 Å². The topological polar surface area (TPSA) is 25.8 Å². The van der Waals surface area contributed by atoms with Gasteiger partial charge in [0.05, 0.1) is 5.69 Å². The Balaban J connectivity index is 2.37. The third kappa shape index (κ3) is 1.87. The van der Waals surface area contributed by atoms with Gasteiger partial charge in [-0.05, 0) is 42.1 Å². The summed E-state index contributed by atoms with van der Waals surface area (Å²) >= 11 is 7.35. The third-order valence-electron chi connectivity index (χ3n) is 2.67. The first kappa shape index (κ1) is 11.6. The molecule has 0 aliphatic carbocycles. The monoisotopic (exact) mass is 278 g/mol. The quantitative estimate of drug-likeness (QED) is 0.614. The maximum atomic E-state index is 13.9. The second-order valence-corrected chi connectivity index (χ2v) is 5.20. The predicted molar refractivity (Wildman–Crippen MR) is 72.6 cm³/mol. The van der Waals surface area contributed by atoms with Crippen LogP contribution in [-0.4, -0.2) is 9.97 Å². The molecule has 0 spiro atoms. The van der Waals surface area contributed by atoms with Crippen molar-refractivity contribution in [3.63, 3.8) is 0 Å². The van der Waals surface area contributed by atoms with Crippen molar-refractivity contribution in [2.45, 2.75) is 6.92 Å². The first-order valence-electron chi connectivity index (χ1n) is 5.32. The molecule has 90 valence electrons. The van der Waals surface area contributed by atoms with Crippen LogP contribution in [0.3, 0.4) is 0 Å². The van der Waals surface area contributed by atoms with Crippen LogP contribution in [0.1, 0.15) is 5.56 Å². The molecule has 0 saturated heterocycles. The highest BCUT2D eigenvalue weighted by molar-refractivity contribution is 7.16. The smallest absolute Gasteiger partial charge is 0.217 e. The number of halogens is 2. The molecule has 0 atom stereocenters. The minimum absolute atomic E-state index is 0.140. The molecular weight excluding hydrogens is 271 g/mol. The van der Waals surface area contributed by atoms with Gasteiger partial charge in [-0.25, -0.2) is 14.4 Å². The van der Waals surface area contributed by atoms with Crippen LogP contribution in [0, 0.1) is 12.7 Å². The number of fused-ring (bicyclic) bond motifs is 1. The molecule has 18 heavy (non-hydrogen) atoms. The number of thiophene rings is 1. The summed E-state index contributed by atoms with van der Waals surface area (Å²) < 4.78 is 13.9. The van der Waals surface area contributed by atoms with Crippen LogP contribution in [0.5, 0.6) is 0 Å². The lowest BCUT2D eigenvalue weighted by Crippen LogP contribution is -1.92. The number of benzene rings is 1. The van der Waals surface area contributed by atoms with E-state index in [1.807, 2.05) is 18.4 Å². The lowest BCUT2D eigenvalue weighted by molar-refractivity contribution is 0.630. The number of aromatic nitrogens is 2. The second kappa shape index (κ2) is 4.30. The first-order chi connectivity index (χ1) is 8.65. The molecular formula is C13H8ClFN2S. The largest absolute Gasteiger partial charge is 0.224 e. The maximum absolute atomic E-state index is 13.9. The van der Waals surface area contributed by atoms with Gasteiger partial charge in [0.25, 0.3) is 0 Å². The third-order valence-corrected chi connectivity index (χ3v) is 3.65. The zero-order valence-electron chi connectivity index (χ0n) is 9.45. The number of aryl methyl sites for hydroxylation is 1. The van der Waals surface area contributed by atoms with E-state index in [-0.39, 0.29) is 11.1 Å². The summed E-state index contributed by atoms with van der Waals surface area (Å²) in [6, 6.07) is 6.82. The van der Waals surface area contributed by atoms with Gasteiger partial charge in [0.1, 0.15) is 10.6 Å². The fraction of sp³-hybridized carbons (Fsp3) is 0.0769. The lowest BCUT2D eigenvalue weighted by atomic mass is 10.1. The zero-order chi connectivity index (χ0) is 12.7. The van der Waals surface area contributed by atoms with Gasteiger partial charge in [0, 0.05) is 10.9 Å². The summed E-state index contributed by atoms with van der Waals surface area (Å²) in [6.07, 6.45) is 0. The first-order valence-corrected chi connectivity index (χ1v) is 6.58. The molecule has 0 saturated carbocycles. The summed E-state index contributed by atoms with van der Waals surface area (Å²) in [4.78, 5) is 9.06. The standard InChI is InChI=1S/C13H8ClFN2S/c1-7-2-3-10(15)9(6-7)11-8-4-5-18-12(8)17-13(14)16-11/h2-6H,1H3. The zero-order valence-corrected chi connectivity index (χ0v) is 11.0. The number of nitrogens with zero attached hydrogens (tertiary/aromatic N) is 2. The van der Waals surface area contributed by atoms with E-state index in [4.69, 9.17) is 11.6 Å². The molecule has 5 heteroatoms.